The standard InChI is InChI=1S/2C9H6Cl6O3S/c2*10-5-6(11)8(13)4-2-18-19(16)17-1-3(4)7(5,12)9(8,14)15/h2*3-4H,1-2H2/t3-,4+,7+,8-,19+;3-,4+,7+,8-,19-. The van der Waals surface area contributed by atoms with Crippen molar-refractivity contribution in [3.05, 3.63) is 20.1 Å². The number of alkyl halides is 8. The highest BCUT2D eigenvalue weighted by Crippen LogP contribution is 2.77. The maximum absolute atomic E-state index is 11.3. The lowest BCUT2D eigenvalue weighted by molar-refractivity contribution is 0.207. The Balaban J connectivity index is 0.000000155. The second kappa shape index (κ2) is 10.3. The van der Waals surface area contributed by atoms with Crippen molar-refractivity contribution in [1.29, 1.82) is 0 Å². The van der Waals surface area contributed by atoms with Crippen molar-refractivity contribution in [1.82, 2.24) is 0 Å². The van der Waals surface area contributed by atoms with Crippen molar-refractivity contribution in [3.63, 3.8) is 0 Å². The van der Waals surface area contributed by atoms with E-state index in [0.29, 0.717) is 0 Å². The van der Waals surface area contributed by atoms with Gasteiger partial charge in [-0.3, -0.25) is 16.7 Å². The fraction of sp³-hybridized carbons (Fsp3) is 0.778. The second-order valence-corrected chi connectivity index (χ2v) is 17.5. The van der Waals surface area contributed by atoms with E-state index in [9.17, 15) is 8.42 Å². The molecule has 2 aliphatic heterocycles. The van der Waals surface area contributed by atoms with Gasteiger partial charge in [0.15, 0.2) is 8.67 Å². The SMILES string of the molecule is O=[S@@]1OC[C@@H]2[C@H](CO1)[C@@]1(Cl)C(Cl)=C(Cl)[C@]2(Cl)C1(Cl)Cl.O=[S@]1OC[C@@H]2[C@H](CO1)[C@@]1(Cl)C(Cl)=C(Cl)[C@]2(Cl)C1(Cl)Cl. The first-order chi connectivity index (χ1) is 17.4. The summed E-state index contributed by atoms with van der Waals surface area (Å²) in [6.07, 6.45) is 0. The van der Waals surface area contributed by atoms with Crippen LogP contribution in [0.5, 0.6) is 0 Å². The Kier molecular flexibility index (Phi) is 8.82. The number of hydrogen-bond donors (Lipinski definition) is 0. The molecule has 6 nitrogen and oxygen atoms in total. The van der Waals surface area contributed by atoms with E-state index in [2.05, 4.69) is 0 Å². The van der Waals surface area contributed by atoms with Gasteiger partial charge in [0.25, 0.3) is 0 Å². The molecule has 6 aliphatic rings. The van der Waals surface area contributed by atoms with Gasteiger partial charge in [0.05, 0.1) is 46.6 Å². The third-order valence-electron chi connectivity index (χ3n) is 7.88. The predicted molar refractivity (Wildman–Crippen MR) is 155 cm³/mol. The first kappa shape index (κ1) is 32.5. The van der Waals surface area contributed by atoms with Crippen LogP contribution >= 0.6 is 139 Å². The molecule has 20 heteroatoms. The molecule has 2 heterocycles. The Morgan fingerprint density at radius 3 is 0.842 bits per heavy atom. The molecule has 0 aromatic heterocycles. The first-order valence-corrected chi connectivity index (χ1v) is 16.9. The van der Waals surface area contributed by atoms with E-state index >= 15 is 0 Å². The summed E-state index contributed by atoms with van der Waals surface area (Å²) in [5, 5.41) is 0.420. The molecule has 0 spiro atoms. The Labute approximate surface area is 282 Å². The van der Waals surface area contributed by atoms with Gasteiger partial charge >= 0.3 is 22.7 Å². The molecular weight excluding hydrogens is 802 g/mol. The summed E-state index contributed by atoms with van der Waals surface area (Å²) >= 11 is 72.7. The molecule has 2 saturated heterocycles. The minimum absolute atomic E-state index is 0.0107. The molecule has 4 aliphatic carbocycles. The zero-order valence-electron chi connectivity index (χ0n) is 17.9. The van der Waals surface area contributed by atoms with Gasteiger partial charge in [-0.1, -0.05) is 92.8 Å². The Morgan fingerprint density at radius 1 is 0.474 bits per heavy atom. The van der Waals surface area contributed by atoms with Gasteiger partial charge in [0, 0.05) is 23.7 Å². The van der Waals surface area contributed by atoms with Crippen LogP contribution in [0.15, 0.2) is 20.1 Å². The van der Waals surface area contributed by atoms with Gasteiger partial charge in [-0.05, 0) is 0 Å². The monoisotopic (exact) mass is 808 g/mol. The van der Waals surface area contributed by atoms with Crippen LogP contribution in [0, 0.1) is 23.7 Å². The van der Waals surface area contributed by atoms with E-state index in [1.54, 1.807) is 0 Å². The largest absolute Gasteiger partial charge is 0.304 e. The van der Waals surface area contributed by atoms with Crippen LogP contribution < -0.4 is 0 Å². The molecular formula is C18H12Cl12O6S2. The summed E-state index contributed by atoms with van der Waals surface area (Å²) in [6, 6.07) is 0. The van der Waals surface area contributed by atoms with Crippen LogP contribution in [-0.4, -0.2) is 63.0 Å². The highest BCUT2D eigenvalue weighted by atomic mass is 35.5. The van der Waals surface area contributed by atoms with Gasteiger partial charge in [-0.25, -0.2) is 0 Å². The van der Waals surface area contributed by atoms with E-state index in [1.807, 2.05) is 0 Å². The fourth-order valence-electron chi connectivity index (χ4n) is 5.92. The summed E-state index contributed by atoms with van der Waals surface area (Å²) in [5.74, 6) is -1.82. The zero-order chi connectivity index (χ0) is 28.4. The molecule has 0 radical (unpaired) electrons. The zero-order valence-corrected chi connectivity index (χ0v) is 28.6. The highest BCUT2D eigenvalue weighted by Gasteiger charge is 2.83. The molecule has 38 heavy (non-hydrogen) atoms. The summed E-state index contributed by atoms with van der Waals surface area (Å²) < 4.78 is 39.5. The predicted octanol–water partition coefficient (Wildman–Crippen LogP) is 7.38. The van der Waals surface area contributed by atoms with Crippen LogP contribution in [-0.2, 0) is 39.5 Å². The Hall–Kier alpha value is 3.10. The van der Waals surface area contributed by atoms with Crippen molar-refractivity contribution in [2.75, 3.05) is 26.4 Å². The fourth-order valence-corrected chi connectivity index (χ4v) is 13.2. The minimum atomic E-state index is -1.86. The molecule has 4 bridgehead atoms. The van der Waals surface area contributed by atoms with Crippen LogP contribution in [0.2, 0.25) is 0 Å². The number of hydrogen-bond acceptors (Lipinski definition) is 6. The number of allylic oxidation sites excluding steroid dienone is 4. The van der Waals surface area contributed by atoms with E-state index in [4.69, 9.17) is 156 Å². The van der Waals surface area contributed by atoms with Crippen molar-refractivity contribution < 1.29 is 25.2 Å². The molecule has 10 atom stereocenters. The number of fused-ring (bicyclic) bond motifs is 10. The topological polar surface area (TPSA) is 71.1 Å². The summed E-state index contributed by atoms with van der Waals surface area (Å²) in [4.78, 5) is -5.56. The van der Waals surface area contributed by atoms with Crippen LogP contribution in [0.3, 0.4) is 0 Å². The third-order valence-corrected chi connectivity index (χ3v) is 17.9. The molecule has 0 amide bonds. The van der Waals surface area contributed by atoms with Crippen LogP contribution in [0.4, 0.5) is 0 Å². The lowest BCUT2D eigenvalue weighted by atomic mass is 9.83. The lowest BCUT2D eigenvalue weighted by Crippen LogP contribution is -2.45. The molecule has 0 aromatic carbocycles. The van der Waals surface area contributed by atoms with Crippen molar-refractivity contribution in [2.24, 2.45) is 23.7 Å². The lowest BCUT2D eigenvalue weighted by Gasteiger charge is -2.33. The molecule has 0 N–H and O–H groups in total. The van der Waals surface area contributed by atoms with Gasteiger partial charge in [0.1, 0.15) is 19.5 Å². The molecule has 2 saturated carbocycles. The number of halogens is 12. The van der Waals surface area contributed by atoms with E-state index in [-0.39, 0.29) is 46.6 Å². The first-order valence-electron chi connectivity index (χ1n) is 10.4. The van der Waals surface area contributed by atoms with E-state index in [1.165, 1.54) is 0 Å². The van der Waals surface area contributed by atoms with Gasteiger partial charge in [-0.2, -0.15) is 8.42 Å². The Morgan fingerprint density at radius 2 is 0.658 bits per heavy atom. The van der Waals surface area contributed by atoms with Crippen LogP contribution in [0.1, 0.15) is 0 Å². The average molecular weight is 814 g/mol. The normalized spacial score (nSPS) is 52.2. The molecule has 0 unspecified atom stereocenters. The molecule has 4 fully saturated rings. The molecule has 6 rings (SSSR count). The van der Waals surface area contributed by atoms with Gasteiger partial charge < -0.3 is 0 Å². The average Bonchev–Trinajstić information content (AvgIpc) is 3.11. The van der Waals surface area contributed by atoms with Crippen molar-refractivity contribution in [3.8, 4) is 0 Å². The minimum Gasteiger partial charge on any atom is -0.268 e. The maximum Gasteiger partial charge on any atom is 0.304 e. The third kappa shape index (κ3) is 3.75. The number of rotatable bonds is 0. The van der Waals surface area contributed by atoms with Crippen molar-refractivity contribution >= 4 is 162 Å². The smallest absolute Gasteiger partial charge is 0.268 e. The summed E-state index contributed by atoms with van der Waals surface area (Å²) in [6.45, 7) is 0.0430. The van der Waals surface area contributed by atoms with E-state index < -0.39 is 74.6 Å². The Bertz CT molecular complexity index is 1030. The van der Waals surface area contributed by atoms with Crippen molar-refractivity contribution in [2.45, 2.75) is 28.2 Å². The maximum atomic E-state index is 11.3. The second-order valence-electron chi connectivity index (χ2n) is 9.22. The van der Waals surface area contributed by atoms with Gasteiger partial charge in [-0.15, -0.1) is 46.4 Å². The van der Waals surface area contributed by atoms with Crippen LogP contribution in [0.25, 0.3) is 0 Å². The summed E-state index contributed by atoms with van der Waals surface area (Å²) in [5.41, 5.74) is 0. The van der Waals surface area contributed by atoms with E-state index in [0.717, 1.165) is 0 Å². The van der Waals surface area contributed by atoms with Gasteiger partial charge in [0.2, 0.25) is 0 Å². The summed E-state index contributed by atoms with van der Waals surface area (Å²) in [7, 11) is 0. The molecule has 216 valence electrons. The quantitative estimate of drug-likeness (QED) is 0.238. The molecule has 0 aromatic rings. The highest BCUT2D eigenvalue weighted by molar-refractivity contribution is 7.75.